The van der Waals surface area contributed by atoms with Gasteiger partial charge in [0.15, 0.2) is 0 Å². The number of benzene rings is 1. The van der Waals surface area contributed by atoms with Crippen molar-refractivity contribution in [3.05, 3.63) is 71.0 Å². The van der Waals surface area contributed by atoms with Crippen molar-refractivity contribution in [3.63, 3.8) is 0 Å². The monoisotopic (exact) mass is 333 g/mol. The third kappa shape index (κ3) is 2.55. The molecule has 8 heteroatoms. The van der Waals surface area contributed by atoms with Crippen LogP contribution in [-0.4, -0.2) is 29.4 Å². The highest BCUT2D eigenvalue weighted by Gasteiger charge is 2.19. The van der Waals surface area contributed by atoms with Gasteiger partial charge in [0.2, 0.25) is 0 Å². The quantitative estimate of drug-likeness (QED) is 0.456. The highest BCUT2D eigenvalue weighted by Crippen LogP contribution is 2.33. The fraction of sp³-hybridized carbons (Fsp3) is 0. The molecule has 0 atom stereocenters. The van der Waals surface area contributed by atoms with Crippen LogP contribution >= 0.6 is 0 Å². The van der Waals surface area contributed by atoms with E-state index in [-0.39, 0.29) is 11.7 Å². The van der Waals surface area contributed by atoms with E-state index in [1.165, 1.54) is 18.3 Å². The SMILES string of the molecule is O=[N+]([O-])c1cccc(-c2nc3ccccn3c2-c2ccnc(O)n2)c1. The number of rotatable bonds is 3. The Kier molecular flexibility index (Phi) is 3.35. The Bertz CT molecular complexity index is 1110. The predicted molar refractivity (Wildman–Crippen MR) is 90.0 cm³/mol. The zero-order valence-corrected chi connectivity index (χ0v) is 12.8. The molecule has 4 rings (SSSR count). The van der Waals surface area contributed by atoms with Crippen LogP contribution in [0.1, 0.15) is 0 Å². The summed E-state index contributed by atoms with van der Waals surface area (Å²) in [4.78, 5) is 23.0. The molecular weight excluding hydrogens is 322 g/mol. The van der Waals surface area contributed by atoms with Crippen molar-refractivity contribution in [2.45, 2.75) is 0 Å². The molecule has 1 aromatic carbocycles. The van der Waals surface area contributed by atoms with Gasteiger partial charge in [-0.1, -0.05) is 18.2 Å². The molecule has 0 fully saturated rings. The molecule has 0 aliphatic heterocycles. The van der Waals surface area contributed by atoms with Gasteiger partial charge in [0.1, 0.15) is 5.65 Å². The first-order chi connectivity index (χ1) is 12.1. The van der Waals surface area contributed by atoms with Crippen molar-refractivity contribution in [2.24, 2.45) is 0 Å². The molecule has 0 bridgehead atoms. The van der Waals surface area contributed by atoms with E-state index < -0.39 is 4.92 Å². The minimum absolute atomic E-state index is 0.0222. The molecule has 1 N–H and O–H groups in total. The van der Waals surface area contributed by atoms with Gasteiger partial charge in [-0.25, -0.2) is 9.97 Å². The summed E-state index contributed by atoms with van der Waals surface area (Å²) in [5.41, 5.74) is 2.85. The van der Waals surface area contributed by atoms with Crippen LogP contribution in [0.25, 0.3) is 28.3 Å². The van der Waals surface area contributed by atoms with Gasteiger partial charge in [0.25, 0.3) is 5.69 Å². The van der Waals surface area contributed by atoms with E-state index in [0.717, 1.165) is 0 Å². The number of imidazole rings is 1. The minimum atomic E-state index is -0.449. The third-order valence-corrected chi connectivity index (χ3v) is 3.75. The van der Waals surface area contributed by atoms with Crippen LogP contribution in [0.5, 0.6) is 6.01 Å². The standard InChI is InChI=1S/C17H11N5O3/c23-17-18-8-7-13(19-17)16-15(20-14-6-1-2-9-21(14)16)11-4-3-5-12(10-11)22(24)25/h1-10H,(H,18,19,23). The largest absolute Gasteiger partial charge is 0.479 e. The van der Waals surface area contributed by atoms with Gasteiger partial charge in [0.05, 0.1) is 22.0 Å². The second kappa shape index (κ2) is 5.68. The first-order valence-corrected chi connectivity index (χ1v) is 7.38. The highest BCUT2D eigenvalue weighted by molar-refractivity contribution is 5.81. The molecule has 0 unspecified atom stereocenters. The lowest BCUT2D eigenvalue weighted by atomic mass is 10.1. The van der Waals surface area contributed by atoms with Crippen molar-refractivity contribution in [1.29, 1.82) is 0 Å². The average molecular weight is 333 g/mol. The van der Waals surface area contributed by atoms with Gasteiger partial charge in [-0.05, 0) is 18.2 Å². The summed E-state index contributed by atoms with van der Waals surface area (Å²) in [5.74, 6) is 0. The van der Waals surface area contributed by atoms with Crippen LogP contribution in [0.15, 0.2) is 60.9 Å². The Morgan fingerprint density at radius 2 is 1.96 bits per heavy atom. The maximum Gasteiger partial charge on any atom is 0.314 e. The molecule has 0 saturated heterocycles. The molecule has 3 heterocycles. The summed E-state index contributed by atoms with van der Waals surface area (Å²) in [6.07, 6.45) is 3.26. The van der Waals surface area contributed by atoms with Crippen molar-refractivity contribution < 1.29 is 10.0 Å². The fourth-order valence-electron chi connectivity index (χ4n) is 2.69. The first kappa shape index (κ1) is 14.8. The maximum absolute atomic E-state index is 11.1. The van der Waals surface area contributed by atoms with E-state index in [4.69, 9.17) is 0 Å². The number of nitrogens with zero attached hydrogens (tertiary/aromatic N) is 5. The number of hydrogen-bond acceptors (Lipinski definition) is 6. The number of aromatic nitrogens is 4. The van der Waals surface area contributed by atoms with Gasteiger partial charge in [-0.15, -0.1) is 0 Å². The van der Waals surface area contributed by atoms with Gasteiger partial charge in [-0.2, -0.15) is 4.98 Å². The molecular formula is C17H11N5O3. The van der Waals surface area contributed by atoms with E-state index in [1.54, 1.807) is 18.2 Å². The van der Waals surface area contributed by atoms with E-state index in [0.29, 0.717) is 28.3 Å². The minimum Gasteiger partial charge on any atom is -0.479 e. The lowest BCUT2D eigenvalue weighted by molar-refractivity contribution is -0.384. The van der Waals surface area contributed by atoms with Crippen LogP contribution in [0.4, 0.5) is 5.69 Å². The molecule has 0 aliphatic carbocycles. The molecule has 0 aliphatic rings. The van der Waals surface area contributed by atoms with Crippen LogP contribution in [0, 0.1) is 10.1 Å². The van der Waals surface area contributed by atoms with Gasteiger partial charge >= 0.3 is 6.01 Å². The number of pyridine rings is 1. The third-order valence-electron chi connectivity index (χ3n) is 3.75. The molecule has 4 aromatic rings. The number of fused-ring (bicyclic) bond motifs is 1. The lowest BCUT2D eigenvalue weighted by Gasteiger charge is -2.05. The van der Waals surface area contributed by atoms with Gasteiger partial charge in [-0.3, -0.25) is 14.5 Å². The summed E-state index contributed by atoms with van der Waals surface area (Å²) in [6, 6.07) is 13.1. The van der Waals surface area contributed by atoms with E-state index in [9.17, 15) is 15.2 Å². The molecule has 3 aromatic heterocycles. The number of nitro groups is 1. The Balaban J connectivity index is 2.03. The Morgan fingerprint density at radius 1 is 1.08 bits per heavy atom. The van der Waals surface area contributed by atoms with Crippen molar-refractivity contribution in [3.8, 4) is 28.7 Å². The van der Waals surface area contributed by atoms with Gasteiger partial charge in [0, 0.05) is 30.1 Å². The normalized spacial score (nSPS) is 10.9. The van der Waals surface area contributed by atoms with Crippen LogP contribution in [0.3, 0.4) is 0 Å². The smallest absolute Gasteiger partial charge is 0.314 e. The second-order valence-electron chi connectivity index (χ2n) is 5.29. The summed E-state index contributed by atoms with van der Waals surface area (Å²) >= 11 is 0. The first-order valence-electron chi connectivity index (χ1n) is 7.38. The summed E-state index contributed by atoms with van der Waals surface area (Å²) in [5, 5.41) is 20.7. The zero-order chi connectivity index (χ0) is 17.4. The molecule has 0 spiro atoms. The zero-order valence-electron chi connectivity index (χ0n) is 12.8. The summed E-state index contributed by atoms with van der Waals surface area (Å²) in [6.45, 7) is 0. The van der Waals surface area contributed by atoms with E-state index in [1.807, 2.05) is 28.8 Å². The fourth-order valence-corrected chi connectivity index (χ4v) is 2.69. The van der Waals surface area contributed by atoms with E-state index in [2.05, 4.69) is 15.0 Å². The molecule has 122 valence electrons. The second-order valence-corrected chi connectivity index (χ2v) is 5.29. The average Bonchev–Trinajstić information content (AvgIpc) is 3.01. The number of aromatic hydroxyl groups is 1. The Labute approximate surface area is 141 Å². The Morgan fingerprint density at radius 3 is 2.76 bits per heavy atom. The Hall–Kier alpha value is -3.81. The van der Waals surface area contributed by atoms with Crippen LogP contribution in [0.2, 0.25) is 0 Å². The highest BCUT2D eigenvalue weighted by atomic mass is 16.6. The topological polar surface area (TPSA) is 106 Å². The van der Waals surface area contributed by atoms with E-state index >= 15 is 0 Å². The molecule has 25 heavy (non-hydrogen) atoms. The van der Waals surface area contributed by atoms with Crippen LogP contribution < -0.4 is 0 Å². The molecule has 0 radical (unpaired) electrons. The number of non-ortho nitro benzene ring substituents is 1. The maximum atomic E-state index is 11.1. The predicted octanol–water partition coefficient (Wildman–Crippen LogP) is 3.07. The molecule has 0 saturated carbocycles. The summed E-state index contributed by atoms with van der Waals surface area (Å²) < 4.78 is 1.82. The molecule has 8 nitrogen and oxygen atoms in total. The number of nitro benzene ring substituents is 1. The lowest BCUT2D eigenvalue weighted by Crippen LogP contribution is -1.93. The van der Waals surface area contributed by atoms with Crippen molar-refractivity contribution in [2.75, 3.05) is 0 Å². The van der Waals surface area contributed by atoms with Gasteiger partial charge < -0.3 is 5.11 Å². The number of hydrogen-bond donors (Lipinski definition) is 1. The summed E-state index contributed by atoms with van der Waals surface area (Å²) in [7, 11) is 0. The van der Waals surface area contributed by atoms with Crippen molar-refractivity contribution >= 4 is 11.3 Å². The van der Waals surface area contributed by atoms with Crippen molar-refractivity contribution in [1.82, 2.24) is 19.4 Å². The van der Waals surface area contributed by atoms with Crippen LogP contribution in [-0.2, 0) is 0 Å². The molecule has 0 amide bonds.